The topological polar surface area (TPSA) is 70.5 Å². The molecule has 7 heteroatoms. The van der Waals surface area contributed by atoms with Crippen LogP contribution in [0.1, 0.15) is 40.0 Å². The summed E-state index contributed by atoms with van der Waals surface area (Å²) in [5.74, 6) is -1.67. The van der Waals surface area contributed by atoms with Crippen LogP contribution in [0.15, 0.2) is 30.5 Å². The van der Waals surface area contributed by atoms with Crippen molar-refractivity contribution in [2.75, 3.05) is 6.54 Å². The van der Waals surface area contributed by atoms with Crippen molar-refractivity contribution in [2.24, 2.45) is 0 Å². The number of carboxylic acid groups (broad SMARTS) is 1. The number of thiazole rings is 1. The lowest BCUT2D eigenvalue weighted by Gasteiger charge is -2.20. The average Bonchev–Trinajstić information content (AvgIpc) is 2.97. The van der Waals surface area contributed by atoms with Gasteiger partial charge in [-0.25, -0.2) is 9.37 Å². The van der Waals surface area contributed by atoms with Gasteiger partial charge >= 0.3 is 5.97 Å². The van der Waals surface area contributed by atoms with Gasteiger partial charge in [0.15, 0.2) is 0 Å². The molecule has 0 bridgehead atoms. The van der Waals surface area contributed by atoms with Gasteiger partial charge in [-0.05, 0) is 17.7 Å². The number of hydrogen-bond acceptors (Lipinski definition) is 4. The third kappa shape index (κ3) is 4.59. The van der Waals surface area contributed by atoms with Gasteiger partial charge in [-0.15, -0.1) is 11.3 Å². The van der Waals surface area contributed by atoms with Crippen LogP contribution in [0.25, 0.3) is 0 Å². The monoisotopic (exact) mass is 336 g/mol. The van der Waals surface area contributed by atoms with Gasteiger partial charge < -0.3 is 10.0 Å². The van der Waals surface area contributed by atoms with Gasteiger partial charge in [-0.3, -0.25) is 9.59 Å². The van der Waals surface area contributed by atoms with Crippen molar-refractivity contribution < 1.29 is 19.1 Å². The third-order valence-corrected chi connectivity index (χ3v) is 4.41. The Morgan fingerprint density at radius 3 is 2.48 bits per heavy atom. The van der Waals surface area contributed by atoms with E-state index in [0.29, 0.717) is 10.4 Å². The summed E-state index contributed by atoms with van der Waals surface area (Å²) < 4.78 is 13.0. The highest BCUT2D eigenvalue weighted by Crippen LogP contribution is 2.22. The van der Waals surface area contributed by atoms with Crippen LogP contribution in [0, 0.1) is 5.82 Å². The molecule has 0 aliphatic carbocycles. The summed E-state index contributed by atoms with van der Waals surface area (Å²) in [5.41, 5.74) is 0.662. The van der Waals surface area contributed by atoms with E-state index in [9.17, 15) is 14.0 Å². The van der Waals surface area contributed by atoms with Gasteiger partial charge in [0.1, 0.15) is 17.2 Å². The molecule has 1 N–H and O–H groups in total. The number of hydrogen-bond donors (Lipinski definition) is 1. The molecule has 5 nitrogen and oxygen atoms in total. The first-order chi connectivity index (χ1) is 10.9. The van der Waals surface area contributed by atoms with Crippen molar-refractivity contribution in [1.82, 2.24) is 9.88 Å². The Labute approximate surface area is 137 Å². The molecule has 0 saturated heterocycles. The normalized spacial score (nSPS) is 10.8. The van der Waals surface area contributed by atoms with Gasteiger partial charge in [-0.1, -0.05) is 26.0 Å². The number of halogens is 1. The smallest absolute Gasteiger partial charge is 0.323 e. The number of rotatable bonds is 6. The number of carbonyl (C=O) groups is 2. The lowest BCUT2D eigenvalue weighted by molar-refractivity contribution is -0.137. The highest BCUT2D eigenvalue weighted by molar-refractivity contribution is 7.13. The van der Waals surface area contributed by atoms with Crippen LogP contribution >= 0.6 is 11.3 Å². The van der Waals surface area contributed by atoms with Crippen LogP contribution in [0.3, 0.4) is 0 Å². The molecule has 2 rings (SSSR count). The molecule has 0 fully saturated rings. The molecule has 0 aliphatic rings. The molecule has 0 aliphatic heterocycles. The summed E-state index contributed by atoms with van der Waals surface area (Å²) >= 11 is 1.26. The van der Waals surface area contributed by atoms with Crippen molar-refractivity contribution in [3.8, 4) is 0 Å². The first-order valence-electron chi connectivity index (χ1n) is 7.08. The number of aromatic nitrogens is 1. The maximum Gasteiger partial charge on any atom is 0.323 e. The fourth-order valence-corrected chi connectivity index (χ4v) is 2.87. The third-order valence-electron chi connectivity index (χ3n) is 3.13. The van der Waals surface area contributed by atoms with Crippen molar-refractivity contribution in [3.05, 3.63) is 51.7 Å². The molecule has 1 aromatic heterocycles. The SMILES string of the molecule is CC(C)c1ncc(C(=O)N(CC(=O)O)Cc2ccc(F)cc2)s1. The second kappa shape index (κ2) is 7.32. The molecular weight excluding hydrogens is 319 g/mol. The predicted molar refractivity (Wildman–Crippen MR) is 85.0 cm³/mol. The second-order valence-electron chi connectivity index (χ2n) is 5.40. The van der Waals surface area contributed by atoms with E-state index in [1.165, 1.54) is 46.7 Å². The standard InChI is InChI=1S/C16H17FN2O3S/c1-10(2)15-18-7-13(23-15)16(22)19(9-14(20)21)8-11-3-5-12(17)6-4-11/h3-7,10H,8-9H2,1-2H3,(H,20,21). The second-order valence-corrected chi connectivity index (χ2v) is 6.46. The first-order valence-corrected chi connectivity index (χ1v) is 7.89. The highest BCUT2D eigenvalue weighted by Gasteiger charge is 2.21. The molecule has 0 saturated carbocycles. The number of carbonyl (C=O) groups excluding carboxylic acids is 1. The van der Waals surface area contributed by atoms with E-state index in [4.69, 9.17) is 5.11 Å². The van der Waals surface area contributed by atoms with Crippen LogP contribution in [-0.4, -0.2) is 33.4 Å². The Kier molecular flexibility index (Phi) is 5.44. The maximum absolute atomic E-state index is 13.0. The molecule has 2 aromatic rings. The summed E-state index contributed by atoms with van der Waals surface area (Å²) in [5, 5.41) is 9.85. The van der Waals surface area contributed by atoms with Crippen LogP contribution < -0.4 is 0 Å². The van der Waals surface area contributed by atoms with Crippen LogP contribution in [0.4, 0.5) is 4.39 Å². The maximum atomic E-state index is 13.0. The molecule has 0 radical (unpaired) electrons. The molecule has 0 atom stereocenters. The van der Waals surface area contributed by atoms with Crippen molar-refractivity contribution in [2.45, 2.75) is 26.3 Å². The zero-order chi connectivity index (χ0) is 17.0. The summed E-state index contributed by atoms with van der Waals surface area (Å²) in [4.78, 5) is 29.4. The fourth-order valence-electron chi connectivity index (χ4n) is 1.98. The minimum absolute atomic E-state index is 0.0975. The van der Waals surface area contributed by atoms with Gasteiger partial charge in [0.2, 0.25) is 0 Å². The van der Waals surface area contributed by atoms with E-state index < -0.39 is 12.5 Å². The fraction of sp³-hybridized carbons (Fsp3) is 0.312. The van der Waals surface area contributed by atoms with Crippen LogP contribution in [-0.2, 0) is 11.3 Å². The lowest BCUT2D eigenvalue weighted by atomic mass is 10.2. The molecule has 1 aromatic carbocycles. The van der Waals surface area contributed by atoms with E-state index >= 15 is 0 Å². The largest absolute Gasteiger partial charge is 0.480 e. The lowest BCUT2D eigenvalue weighted by Crippen LogP contribution is -2.34. The van der Waals surface area contributed by atoms with Gasteiger partial charge in [0, 0.05) is 12.5 Å². The van der Waals surface area contributed by atoms with Crippen molar-refractivity contribution in [1.29, 1.82) is 0 Å². The van der Waals surface area contributed by atoms with E-state index in [0.717, 1.165) is 5.01 Å². The Morgan fingerprint density at radius 1 is 1.30 bits per heavy atom. The highest BCUT2D eigenvalue weighted by atomic mass is 32.1. The molecule has 0 spiro atoms. The molecular formula is C16H17FN2O3S. The van der Waals surface area contributed by atoms with E-state index in [1.54, 1.807) is 0 Å². The van der Waals surface area contributed by atoms with Gasteiger partial charge in [0.25, 0.3) is 5.91 Å². The Hall–Kier alpha value is -2.28. The Balaban J connectivity index is 2.20. The summed E-state index contributed by atoms with van der Waals surface area (Å²) in [6.07, 6.45) is 1.47. The summed E-state index contributed by atoms with van der Waals surface area (Å²) in [6.45, 7) is 3.62. The van der Waals surface area contributed by atoms with Crippen LogP contribution in [0.5, 0.6) is 0 Å². The number of benzene rings is 1. The number of carboxylic acids is 1. The number of aliphatic carboxylic acids is 1. The van der Waals surface area contributed by atoms with E-state index in [1.807, 2.05) is 13.8 Å². The molecule has 23 heavy (non-hydrogen) atoms. The number of nitrogens with zero attached hydrogens (tertiary/aromatic N) is 2. The number of amides is 1. The predicted octanol–water partition coefficient (Wildman–Crippen LogP) is 3.13. The van der Waals surface area contributed by atoms with Gasteiger partial charge in [-0.2, -0.15) is 0 Å². The van der Waals surface area contributed by atoms with E-state index in [-0.39, 0.29) is 24.2 Å². The Bertz CT molecular complexity index is 698. The quantitative estimate of drug-likeness (QED) is 0.880. The summed E-state index contributed by atoms with van der Waals surface area (Å²) in [6, 6.07) is 5.62. The molecule has 122 valence electrons. The van der Waals surface area contributed by atoms with Gasteiger partial charge in [0.05, 0.1) is 11.2 Å². The van der Waals surface area contributed by atoms with Crippen molar-refractivity contribution in [3.63, 3.8) is 0 Å². The molecule has 1 heterocycles. The van der Waals surface area contributed by atoms with E-state index in [2.05, 4.69) is 4.98 Å². The molecule has 1 amide bonds. The Morgan fingerprint density at radius 2 is 1.96 bits per heavy atom. The zero-order valence-electron chi connectivity index (χ0n) is 12.8. The summed E-state index contributed by atoms with van der Waals surface area (Å²) in [7, 11) is 0. The van der Waals surface area contributed by atoms with Crippen molar-refractivity contribution >= 4 is 23.2 Å². The zero-order valence-corrected chi connectivity index (χ0v) is 13.6. The first kappa shape index (κ1) is 17.1. The van der Waals surface area contributed by atoms with Crippen LogP contribution in [0.2, 0.25) is 0 Å². The minimum Gasteiger partial charge on any atom is -0.480 e. The minimum atomic E-state index is -1.10. The molecule has 0 unspecified atom stereocenters. The average molecular weight is 336 g/mol.